The normalized spacial score (nSPS) is 10.7. The van der Waals surface area contributed by atoms with Crippen molar-refractivity contribution in [2.24, 2.45) is 7.05 Å². The van der Waals surface area contributed by atoms with Crippen molar-refractivity contribution in [1.29, 1.82) is 0 Å². The van der Waals surface area contributed by atoms with E-state index in [0.717, 1.165) is 5.69 Å². The number of carbonyl (C=O) groups excluding carboxylic acids is 1. The lowest BCUT2D eigenvalue weighted by molar-refractivity contribution is -0.115. The second-order valence-electron chi connectivity index (χ2n) is 5.42. The van der Waals surface area contributed by atoms with Crippen LogP contribution in [0, 0.1) is 5.82 Å². The molecule has 0 saturated carbocycles. The first-order chi connectivity index (χ1) is 12.1. The van der Waals surface area contributed by atoms with Gasteiger partial charge in [-0.1, -0.05) is 42.1 Å². The van der Waals surface area contributed by atoms with Gasteiger partial charge < -0.3 is 9.47 Å². The van der Waals surface area contributed by atoms with Gasteiger partial charge in [0.25, 0.3) is 0 Å². The van der Waals surface area contributed by atoms with Crippen molar-refractivity contribution in [3.05, 3.63) is 60.4 Å². The summed E-state index contributed by atoms with van der Waals surface area (Å²) in [6.45, 7) is 0. The predicted molar refractivity (Wildman–Crippen MR) is 97.0 cm³/mol. The standard InChI is InChI=1S/C18H17FN4OS/c1-22(13-8-4-3-5-9-13)16(24)12-25-18-21-20-17(23(18)2)14-10-6-7-11-15(14)19/h3-11H,12H2,1-2H3. The molecule has 0 bridgehead atoms. The molecule has 1 aromatic heterocycles. The van der Waals surface area contributed by atoms with E-state index >= 15 is 0 Å². The van der Waals surface area contributed by atoms with E-state index in [2.05, 4.69) is 10.2 Å². The van der Waals surface area contributed by atoms with Crippen LogP contribution in [-0.2, 0) is 11.8 Å². The Hall–Kier alpha value is -2.67. The summed E-state index contributed by atoms with van der Waals surface area (Å²) in [5.74, 6) is 0.250. The lowest BCUT2D eigenvalue weighted by Gasteiger charge is -2.16. The Kier molecular flexibility index (Phi) is 5.14. The lowest BCUT2D eigenvalue weighted by Crippen LogP contribution is -2.27. The number of hydrogen-bond acceptors (Lipinski definition) is 4. The fraction of sp³-hybridized carbons (Fsp3) is 0.167. The van der Waals surface area contributed by atoms with E-state index in [4.69, 9.17) is 0 Å². The van der Waals surface area contributed by atoms with Crippen LogP contribution in [0.4, 0.5) is 10.1 Å². The van der Waals surface area contributed by atoms with Crippen LogP contribution < -0.4 is 4.90 Å². The molecule has 5 nitrogen and oxygen atoms in total. The van der Waals surface area contributed by atoms with E-state index in [1.165, 1.54) is 17.8 Å². The number of nitrogens with zero attached hydrogens (tertiary/aromatic N) is 4. The van der Waals surface area contributed by atoms with Crippen LogP contribution in [0.25, 0.3) is 11.4 Å². The molecule has 7 heteroatoms. The van der Waals surface area contributed by atoms with E-state index in [-0.39, 0.29) is 17.5 Å². The Balaban J connectivity index is 1.70. The maximum atomic E-state index is 13.9. The fourth-order valence-electron chi connectivity index (χ4n) is 2.34. The van der Waals surface area contributed by atoms with E-state index in [9.17, 15) is 9.18 Å². The highest BCUT2D eigenvalue weighted by Crippen LogP contribution is 2.25. The van der Waals surface area contributed by atoms with Crippen molar-refractivity contribution >= 4 is 23.4 Å². The summed E-state index contributed by atoms with van der Waals surface area (Å²) in [6.07, 6.45) is 0. The van der Waals surface area contributed by atoms with Crippen LogP contribution >= 0.6 is 11.8 Å². The molecule has 0 fully saturated rings. The topological polar surface area (TPSA) is 51.0 Å². The van der Waals surface area contributed by atoms with Gasteiger partial charge in [0.1, 0.15) is 5.82 Å². The number of carbonyl (C=O) groups is 1. The van der Waals surface area contributed by atoms with Gasteiger partial charge >= 0.3 is 0 Å². The first-order valence-corrected chi connectivity index (χ1v) is 8.65. The van der Waals surface area contributed by atoms with Gasteiger partial charge in [0, 0.05) is 19.8 Å². The summed E-state index contributed by atoms with van der Waals surface area (Å²) in [5, 5.41) is 8.69. The van der Waals surface area contributed by atoms with Crippen molar-refractivity contribution < 1.29 is 9.18 Å². The second-order valence-corrected chi connectivity index (χ2v) is 6.36. The van der Waals surface area contributed by atoms with Crippen molar-refractivity contribution in [3.8, 4) is 11.4 Å². The molecule has 3 aromatic rings. The minimum absolute atomic E-state index is 0.0494. The zero-order valence-electron chi connectivity index (χ0n) is 13.9. The molecular weight excluding hydrogens is 339 g/mol. The Labute approximate surface area is 149 Å². The highest BCUT2D eigenvalue weighted by Gasteiger charge is 2.17. The molecule has 0 saturated heterocycles. The fourth-order valence-corrected chi connectivity index (χ4v) is 3.16. The monoisotopic (exact) mass is 356 g/mol. The highest BCUT2D eigenvalue weighted by molar-refractivity contribution is 7.99. The van der Waals surface area contributed by atoms with E-state index in [0.29, 0.717) is 16.5 Å². The SMILES string of the molecule is CN(C(=O)CSc1nnc(-c2ccccc2F)n1C)c1ccccc1. The van der Waals surface area contributed by atoms with Gasteiger partial charge in [0.05, 0.1) is 11.3 Å². The van der Waals surface area contributed by atoms with Crippen LogP contribution in [0.3, 0.4) is 0 Å². The van der Waals surface area contributed by atoms with Crippen molar-refractivity contribution in [2.45, 2.75) is 5.16 Å². The summed E-state index contributed by atoms with van der Waals surface area (Å²) in [5.41, 5.74) is 1.22. The molecule has 0 spiro atoms. The third-order valence-electron chi connectivity index (χ3n) is 3.79. The Bertz CT molecular complexity index is 882. The number of hydrogen-bond donors (Lipinski definition) is 0. The number of rotatable bonds is 5. The summed E-state index contributed by atoms with van der Waals surface area (Å²) < 4.78 is 15.6. The quantitative estimate of drug-likeness (QED) is 0.658. The Morgan fingerprint density at radius 1 is 1.12 bits per heavy atom. The van der Waals surface area contributed by atoms with Gasteiger partial charge in [-0.25, -0.2) is 4.39 Å². The third kappa shape index (κ3) is 3.71. The second kappa shape index (κ2) is 7.48. The molecule has 3 rings (SSSR count). The van der Waals surface area contributed by atoms with Gasteiger partial charge in [-0.15, -0.1) is 10.2 Å². The number of amides is 1. The average Bonchev–Trinajstić information content (AvgIpc) is 3.00. The lowest BCUT2D eigenvalue weighted by atomic mass is 10.2. The summed E-state index contributed by atoms with van der Waals surface area (Å²) >= 11 is 1.28. The third-order valence-corrected chi connectivity index (χ3v) is 4.80. The molecule has 0 atom stereocenters. The molecule has 0 aliphatic rings. The first-order valence-electron chi connectivity index (χ1n) is 7.66. The van der Waals surface area contributed by atoms with Crippen molar-refractivity contribution in [3.63, 3.8) is 0 Å². The molecule has 128 valence electrons. The zero-order chi connectivity index (χ0) is 17.8. The molecule has 1 heterocycles. The molecule has 1 amide bonds. The summed E-state index contributed by atoms with van der Waals surface area (Å²) in [6, 6.07) is 15.8. The van der Waals surface area contributed by atoms with Gasteiger partial charge in [-0.05, 0) is 24.3 Å². The van der Waals surface area contributed by atoms with Gasteiger partial charge in [-0.3, -0.25) is 4.79 Å². The smallest absolute Gasteiger partial charge is 0.237 e. The van der Waals surface area contributed by atoms with Crippen molar-refractivity contribution in [1.82, 2.24) is 14.8 Å². The number of anilines is 1. The largest absolute Gasteiger partial charge is 0.315 e. The first kappa shape index (κ1) is 17.2. The van der Waals surface area contributed by atoms with E-state index in [1.807, 2.05) is 30.3 Å². The molecule has 25 heavy (non-hydrogen) atoms. The van der Waals surface area contributed by atoms with E-state index in [1.54, 1.807) is 41.8 Å². The minimum Gasteiger partial charge on any atom is -0.315 e. The van der Waals surface area contributed by atoms with Crippen LogP contribution in [0.1, 0.15) is 0 Å². The van der Waals surface area contributed by atoms with Gasteiger partial charge in [0.2, 0.25) is 5.91 Å². The molecule has 2 aromatic carbocycles. The molecule has 0 unspecified atom stereocenters. The Morgan fingerprint density at radius 3 is 2.52 bits per heavy atom. The number of aromatic nitrogens is 3. The van der Waals surface area contributed by atoms with Crippen molar-refractivity contribution in [2.75, 3.05) is 17.7 Å². The maximum absolute atomic E-state index is 13.9. The molecule has 0 aliphatic heterocycles. The van der Waals surface area contributed by atoms with Gasteiger partial charge in [-0.2, -0.15) is 0 Å². The number of benzene rings is 2. The average molecular weight is 356 g/mol. The highest BCUT2D eigenvalue weighted by atomic mass is 32.2. The van der Waals surface area contributed by atoms with Gasteiger partial charge in [0.15, 0.2) is 11.0 Å². The number of halogens is 1. The summed E-state index contributed by atoms with van der Waals surface area (Å²) in [7, 11) is 3.50. The molecule has 0 aliphatic carbocycles. The molecular formula is C18H17FN4OS. The Morgan fingerprint density at radius 2 is 1.80 bits per heavy atom. The van der Waals surface area contributed by atoms with E-state index < -0.39 is 0 Å². The number of para-hydroxylation sites is 1. The van der Waals surface area contributed by atoms with Crippen LogP contribution in [0.2, 0.25) is 0 Å². The maximum Gasteiger partial charge on any atom is 0.237 e. The summed E-state index contributed by atoms with van der Waals surface area (Å²) in [4.78, 5) is 13.9. The molecule has 0 N–H and O–H groups in total. The van der Waals surface area contributed by atoms with Crippen LogP contribution in [0.5, 0.6) is 0 Å². The zero-order valence-corrected chi connectivity index (χ0v) is 14.7. The number of thioether (sulfide) groups is 1. The van der Waals surface area contributed by atoms with Crippen LogP contribution in [0.15, 0.2) is 59.8 Å². The van der Waals surface area contributed by atoms with Crippen LogP contribution in [-0.4, -0.2) is 33.5 Å². The minimum atomic E-state index is -0.352. The molecule has 0 radical (unpaired) electrons. The predicted octanol–water partition coefficient (Wildman–Crippen LogP) is 3.38.